The standard InChI is InChI=1S/C11H16N4S/c1-8-10(5-12)11(16-14-8)13-6-9-3-4-15(2)7-9/h9,13H,3-4,6-7H2,1-2H3. The van der Waals surface area contributed by atoms with Crippen LogP contribution in [0.2, 0.25) is 0 Å². The maximum atomic E-state index is 8.99. The highest BCUT2D eigenvalue weighted by atomic mass is 32.1. The molecule has 0 saturated carbocycles. The van der Waals surface area contributed by atoms with Crippen molar-refractivity contribution in [3.8, 4) is 6.07 Å². The van der Waals surface area contributed by atoms with Crippen molar-refractivity contribution in [2.45, 2.75) is 13.3 Å². The number of aromatic nitrogens is 1. The molecule has 86 valence electrons. The average Bonchev–Trinajstić information content (AvgIpc) is 2.82. The fraction of sp³-hybridized carbons (Fsp3) is 0.636. The molecule has 1 fully saturated rings. The Hall–Kier alpha value is -1.12. The van der Waals surface area contributed by atoms with Gasteiger partial charge in [0.1, 0.15) is 16.6 Å². The van der Waals surface area contributed by atoms with Gasteiger partial charge in [-0.1, -0.05) is 0 Å². The van der Waals surface area contributed by atoms with Crippen molar-refractivity contribution >= 4 is 16.5 Å². The number of aryl methyl sites for hydroxylation is 1. The van der Waals surface area contributed by atoms with E-state index in [-0.39, 0.29) is 0 Å². The monoisotopic (exact) mass is 236 g/mol. The van der Waals surface area contributed by atoms with Crippen molar-refractivity contribution in [3.63, 3.8) is 0 Å². The van der Waals surface area contributed by atoms with E-state index in [4.69, 9.17) is 5.26 Å². The smallest absolute Gasteiger partial charge is 0.127 e. The molecule has 1 unspecified atom stereocenters. The molecule has 0 aromatic carbocycles. The van der Waals surface area contributed by atoms with Crippen molar-refractivity contribution in [1.82, 2.24) is 9.27 Å². The van der Waals surface area contributed by atoms with Crippen LogP contribution in [-0.2, 0) is 0 Å². The third kappa shape index (κ3) is 2.34. The van der Waals surface area contributed by atoms with Crippen molar-refractivity contribution in [2.75, 3.05) is 32.0 Å². The van der Waals surface area contributed by atoms with E-state index in [9.17, 15) is 0 Å². The molecule has 4 nitrogen and oxygen atoms in total. The molecular weight excluding hydrogens is 220 g/mol. The summed E-state index contributed by atoms with van der Waals surface area (Å²) in [6, 6.07) is 2.20. The lowest BCUT2D eigenvalue weighted by atomic mass is 10.1. The minimum absolute atomic E-state index is 0.693. The summed E-state index contributed by atoms with van der Waals surface area (Å²) in [7, 11) is 2.15. The van der Waals surface area contributed by atoms with E-state index in [0.717, 1.165) is 23.8 Å². The number of nitriles is 1. The first kappa shape index (κ1) is 11.4. The summed E-state index contributed by atoms with van der Waals surface area (Å²) in [6.45, 7) is 5.15. The SMILES string of the molecule is Cc1nsc(NCC2CCN(C)C2)c1C#N. The molecule has 16 heavy (non-hydrogen) atoms. The van der Waals surface area contributed by atoms with Crippen molar-refractivity contribution in [3.05, 3.63) is 11.3 Å². The Morgan fingerprint density at radius 3 is 3.12 bits per heavy atom. The highest BCUT2D eigenvalue weighted by Crippen LogP contribution is 2.24. The van der Waals surface area contributed by atoms with Crippen molar-refractivity contribution in [2.24, 2.45) is 5.92 Å². The van der Waals surface area contributed by atoms with Gasteiger partial charge in [0.2, 0.25) is 0 Å². The molecule has 1 aromatic heterocycles. The molecule has 1 N–H and O–H groups in total. The number of nitrogens with zero attached hydrogens (tertiary/aromatic N) is 3. The van der Waals surface area contributed by atoms with Gasteiger partial charge in [-0.25, -0.2) is 0 Å². The van der Waals surface area contributed by atoms with E-state index in [1.54, 1.807) is 0 Å². The minimum atomic E-state index is 0.693. The number of hydrogen-bond donors (Lipinski definition) is 1. The largest absolute Gasteiger partial charge is 0.374 e. The molecule has 5 heteroatoms. The molecule has 0 aliphatic carbocycles. The van der Waals surface area contributed by atoms with Gasteiger partial charge in [0, 0.05) is 13.1 Å². The van der Waals surface area contributed by atoms with E-state index in [0.29, 0.717) is 11.5 Å². The van der Waals surface area contributed by atoms with Crippen LogP contribution in [0.25, 0.3) is 0 Å². The van der Waals surface area contributed by atoms with Gasteiger partial charge in [0.05, 0.1) is 5.69 Å². The zero-order valence-corrected chi connectivity index (χ0v) is 10.5. The van der Waals surface area contributed by atoms with Crippen LogP contribution >= 0.6 is 11.5 Å². The molecular formula is C11H16N4S. The normalized spacial score (nSPS) is 20.9. The zero-order valence-electron chi connectivity index (χ0n) is 9.66. The first-order valence-corrected chi connectivity index (χ1v) is 6.27. The van der Waals surface area contributed by atoms with Crippen LogP contribution in [0, 0.1) is 24.2 Å². The molecule has 1 saturated heterocycles. The first-order chi connectivity index (χ1) is 7.70. The van der Waals surface area contributed by atoms with Crippen LogP contribution < -0.4 is 5.32 Å². The van der Waals surface area contributed by atoms with Crippen LogP contribution in [0.3, 0.4) is 0 Å². The molecule has 2 rings (SSSR count). The maximum Gasteiger partial charge on any atom is 0.127 e. The van der Waals surface area contributed by atoms with E-state index >= 15 is 0 Å². The summed E-state index contributed by atoms with van der Waals surface area (Å²) in [6.07, 6.45) is 1.24. The minimum Gasteiger partial charge on any atom is -0.374 e. The molecule has 0 bridgehead atoms. The summed E-state index contributed by atoms with van der Waals surface area (Å²) < 4.78 is 4.19. The number of likely N-dealkylation sites (tertiary alicyclic amines) is 1. The maximum absolute atomic E-state index is 8.99. The van der Waals surface area contributed by atoms with Crippen molar-refractivity contribution in [1.29, 1.82) is 5.26 Å². The predicted molar refractivity (Wildman–Crippen MR) is 65.7 cm³/mol. The van der Waals surface area contributed by atoms with Gasteiger partial charge in [-0.05, 0) is 44.4 Å². The molecule has 0 radical (unpaired) electrons. The lowest BCUT2D eigenvalue weighted by Crippen LogP contribution is -2.19. The third-order valence-electron chi connectivity index (χ3n) is 3.01. The second-order valence-corrected chi connectivity index (χ2v) is 5.16. The van der Waals surface area contributed by atoms with Crippen molar-refractivity contribution < 1.29 is 0 Å². The zero-order chi connectivity index (χ0) is 11.5. The van der Waals surface area contributed by atoms with Gasteiger partial charge < -0.3 is 10.2 Å². The Morgan fingerprint density at radius 1 is 1.69 bits per heavy atom. The van der Waals surface area contributed by atoms with E-state index < -0.39 is 0 Å². The van der Waals surface area contributed by atoms with Gasteiger partial charge in [-0.3, -0.25) is 0 Å². The van der Waals surface area contributed by atoms with Crippen LogP contribution in [0.15, 0.2) is 0 Å². The molecule has 1 aromatic rings. The molecule has 2 heterocycles. The van der Waals surface area contributed by atoms with Crippen LogP contribution in [-0.4, -0.2) is 36.0 Å². The fourth-order valence-electron chi connectivity index (χ4n) is 2.05. The molecule has 0 spiro atoms. The third-order valence-corrected chi connectivity index (χ3v) is 3.91. The van der Waals surface area contributed by atoms with Gasteiger partial charge in [-0.2, -0.15) is 9.64 Å². The highest BCUT2D eigenvalue weighted by Gasteiger charge is 2.20. The number of hydrogen-bond acceptors (Lipinski definition) is 5. The summed E-state index contributed by atoms with van der Waals surface area (Å²) in [5.41, 5.74) is 1.54. The topological polar surface area (TPSA) is 52.0 Å². The Labute approximate surface area is 100 Å². The van der Waals surface area contributed by atoms with Gasteiger partial charge >= 0.3 is 0 Å². The highest BCUT2D eigenvalue weighted by molar-refractivity contribution is 7.10. The Morgan fingerprint density at radius 2 is 2.50 bits per heavy atom. The molecule has 0 amide bonds. The van der Waals surface area contributed by atoms with Gasteiger partial charge in [0.25, 0.3) is 0 Å². The quantitative estimate of drug-likeness (QED) is 0.867. The van der Waals surface area contributed by atoms with Gasteiger partial charge in [-0.15, -0.1) is 0 Å². The van der Waals surface area contributed by atoms with Gasteiger partial charge in [0.15, 0.2) is 0 Å². The number of rotatable bonds is 3. The Kier molecular flexibility index (Phi) is 3.42. The lowest BCUT2D eigenvalue weighted by Gasteiger charge is -2.11. The Balaban J connectivity index is 1.92. The summed E-state index contributed by atoms with van der Waals surface area (Å²) in [5, 5.41) is 13.3. The number of nitrogens with one attached hydrogen (secondary N) is 1. The van der Waals surface area contributed by atoms with E-state index in [1.807, 2.05) is 6.92 Å². The van der Waals surface area contributed by atoms with E-state index in [2.05, 4.69) is 27.7 Å². The lowest BCUT2D eigenvalue weighted by molar-refractivity contribution is 0.399. The van der Waals surface area contributed by atoms with Crippen LogP contribution in [0.4, 0.5) is 5.00 Å². The number of anilines is 1. The second kappa shape index (κ2) is 4.81. The summed E-state index contributed by atoms with van der Waals surface area (Å²) >= 11 is 1.39. The first-order valence-electron chi connectivity index (χ1n) is 5.49. The van der Waals surface area contributed by atoms with Crippen LogP contribution in [0.5, 0.6) is 0 Å². The summed E-state index contributed by atoms with van der Waals surface area (Å²) in [4.78, 5) is 2.34. The van der Waals surface area contributed by atoms with E-state index in [1.165, 1.54) is 24.5 Å². The fourth-order valence-corrected chi connectivity index (χ4v) is 2.80. The molecule has 1 aliphatic heterocycles. The molecule has 1 atom stereocenters. The summed E-state index contributed by atoms with van der Waals surface area (Å²) in [5.74, 6) is 0.693. The predicted octanol–water partition coefficient (Wildman–Crippen LogP) is 1.69. The average molecular weight is 236 g/mol. The Bertz CT molecular complexity index is 407. The van der Waals surface area contributed by atoms with Crippen LogP contribution in [0.1, 0.15) is 17.7 Å². The molecule has 1 aliphatic rings. The second-order valence-electron chi connectivity index (χ2n) is 4.38.